The van der Waals surface area contributed by atoms with Crippen LogP contribution >= 0.6 is 0 Å². The molecule has 0 spiro atoms. The van der Waals surface area contributed by atoms with Gasteiger partial charge in [0.05, 0.1) is 11.1 Å². The molecular weight excluding hydrogens is 1040 g/mol. The van der Waals surface area contributed by atoms with E-state index < -0.39 is 107 Å². The van der Waals surface area contributed by atoms with Crippen LogP contribution in [0.5, 0.6) is 11.5 Å². The minimum Gasteiger partial charge on any atom is -0.456 e. The van der Waals surface area contributed by atoms with E-state index in [4.69, 9.17) is 14.2 Å². The average molecular weight is 1100 g/mol. The molecule has 2 unspecified atom stereocenters. The van der Waals surface area contributed by atoms with E-state index >= 15 is 26.3 Å². The van der Waals surface area contributed by atoms with E-state index in [2.05, 4.69) is 0 Å². The van der Waals surface area contributed by atoms with Crippen LogP contribution in [-0.4, -0.2) is 38.8 Å². The Bertz CT molecular complexity index is 3130. The van der Waals surface area contributed by atoms with Gasteiger partial charge in [0.25, 0.3) is 0 Å². The third-order valence-corrected chi connectivity index (χ3v) is 14.1. The quantitative estimate of drug-likeness (QED) is 0.0712. The van der Waals surface area contributed by atoms with E-state index in [1.165, 1.54) is 97.1 Å². The van der Waals surface area contributed by atoms with Crippen LogP contribution in [0.3, 0.4) is 0 Å². The molecule has 0 aliphatic rings. The molecule has 0 aromatic heterocycles. The van der Waals surface area contributed by atoms with Gasteiger partial charge in [0.15, 0.2) is 12.2 Å². The lowest BCUT2D eigenvalue weighted by atomic mass is 9.85. The molecule has 3 nitrogen and oxygen atoms in total. The van der Waals surface area contributed by atoms with Crippen LogP contribution < -0.4 is 4.74 Å². The van der Waals surface area contributed by atoms with E-state index in [0.717, 1.165) is 73.9 Å². The Labute approximate surface area is 450 Å². The number of alkyl halides is 10. The Balaban J connectivity index is 1.36. The summed E-state index contributed by atoms with van der Waals surface area (Å²) in [4.78, 5) is 0. The summed E-state index contributed by atoms with van der Waals surface area (Å²) < 4.78 is 206. The SMILES string of the molecule is CCc1ccc(-c2ccc(Cc3c(CC(OC)C(F)(F)F)ccc(Oc4ccc(CC(OC)C(F)(F)F)c(Cc5ccc(-c6ccc(CC)cc6F)cc5)c4C(F)(F)c4ccccc4)c3C(F)(F)c3ccccc3)cc2)c(F)c1. The third kappa shape index (κ3) is 12.9. The number of aryl methyl sites for hydroxylation is 2. The van der Waals surface area contributed by atoms with Gasteiger partial charge in [0, 0.05) is 49.3 Å². The lowest BCUT2D eigenvalue weighted by Gasteiger charge is -2.30. The van der Waals surface area contributed by atoms with Gasteiger partial charge in [-0.2, -0.15) is 43.9 Å². The molecule has 79 heavy (non-hydrogen) atoms. The molecule has 0 radical (unpaired) electrons. The van der Waals surface area contributed by atoms with Gasteiger partial charge in [-0.1, -0.05) is 159 Å². The fraction of sp³-hybridized carbons (Fsp3) is 0.250. The third-order valence-electron chi connectivity index (χ3n) is 14.1. The lowest BCUT2D eigenvalue weighted by Crippen LogP contribution is -2.33. The van der Waals surface area contributed by atoms with Crippen LogP contribution in [0.25, 0.3) is 22.3 Å². The highest BCUT2D eigenvalue weighted by atomic mass is 19.4. The van der Waals surface area contributed by atoms with Crippen LogP contribution in [0, 0.1) is 11.6 Å². The van der Waals surface area contributed by atoms with Gasteiger partial charge in [0.1, 0.15) is 23.1 Å². The smallest absolute Gasteiger partial charge is 0.414 e. The van der Waals surface area contributed by atoms with E-state index in [-0.39, 0.29) is 44.5 Å². The number of methoxy groups -OCH3 is 2. The van der Waals surface area contributed by atoms with Gasteiger partial charge >= 0.3 is 24.2 Å². The summed E-state index contributed by atoms with van der Waals surface area (Å²) in [6.45, 7) is 3.73. The summed E-state index contributed by atoms with van der Waals surface area (Å²) in [7, 11) is 1.64. The summed E-state index contributed by atoms with van der Waals surface area (Å²) in [5, 5.41) is 0. The van der Waals surface area contributed by atoms with Gasteiger partial charge in [-0.15, -0.1) is 0 Å². The fourth-order valence-corrected chi connectivity index (χ4v) is 9.79. The van der Waals surface area contributed by atoms with Crippen molar-refractivity contribution >= 4 is 0 Å². The van der Waals surface area contributed by atoms with E-state index in [0.29, 0.717) is 24.0 Å². The Kier molecular flexibility index (Phi) is 17.5. The maximum absolute atomic E-state index is 17.9. The van der Waals surface area contributed by atoms with Crippen molar-refractivity contribution in [3.05, 3.63) is 248 Å². The predicted octanol–water partition coefficient (Wildman–Crippen LogP) is 17.9. The highest BCUT2D eigenvalue weighted by Crippen LogP contribution is 2.50. The highest BCUT2D eigenvalue weighted by Gasteiger charge is 2.46. The van der Waals surface area contributed by atoms with Gasteiger partial charge in [0.2, 0.25) is 0 Å². The lowest BCUT2D eigenvalue weighted by molar-refractivity contribution is -0.212. The molecule has 0 bridgehead atoms. The largest absolute Gasteiger partial charge is 0.456 e. The molecule has 0 saturated carbocycles. The molecule has 0 fully saturated rings. The van der Waals surface area contributed by atoms with Crippen molar-refractivity contribution in [3.63, 3.8) is 0 Å². The second kappa shape index (κ2) is 23.9. The Hall–Kier alpha value is -7.36. The topological polar surface area (TPSA) is 27.7 Å². The second-order valence-corrected chi connectivity index (χ2v) is 19.2. The van der Waals surface area contributed by atoms with Crippen LogP contribution in [-0.2, 0) is 59.8 Å². The molecule has 0 aliphatic heterocycles. The van der Waals surface area contributed by atoms with Gasteiger partial charge in [-0.3, -0.25) is 0 Å². The molecule has 0 aliphatic carbocycles. The van der Waals surface area contributed by atoms with E-state index in [1.54, 1.807) is 24.3 Å². The van der Waals surface area contributed by atoms with Crippen LogP contribution in [0.2, 0.25) is 0 Å². The summed E-state index contributed by atoms with van der Waals surface area (Å²) in [5.74, 6) is -10.9. The number of hydrogen-bond donors (Lipinski definition) is 0. The molecule has 0 heterocycles. The molecule has 15 heteroatoms. The van der Waals surface area contributed by atoms with Gasteiger partial charge < -0.3 is 14.2 Å². The number of ether oxygens (including phenoxy) is 3. The van der Waals surface area contributed by atoms with Crippen molar-refractivity contribution in [3.8, 4) is 33.8 Å². The number of halogens is 12. The van der Waals surface area contributed by atoms with Gasteiger partial charge in [-0.05, 0) is 106 Å². The minimum atomic E-state index is -4.98. The molecule has 0 amide bonds. The molecule has 8 aromatic carbocycles. The molecular formula is C64H54F12O3. The van der Waals surface area contributed by atoms with Crippen molar-refractivity contribution in [2.75, 3.05) is 14.2 Å². The zero-order valence-electron chi connectivity index (χ0n) is 43.3. The van der Waals surface area contributed by atoms with Crippen molar-refractivity contribution in [2.45, 2.75) is 88.8 Å². The molecule has 0 N–H and O–H groups in total. The van der Waals surface area contributed by atoms with Crippen LogP contribution in [0.4, 0.5) is 52.7 Å². The second-order valence-electron chi connectivity index (χ2n) is 19.2. The zero-order chi connectivity index (χ0) is 56.9. The summed E-state index contributed by atoms with van der Waals surface area (Å²) in [5.41, 5.74) is -1.22. The monoisotopic (exact) mass is 1100 g/mol. The molecule has 8 rings (SSSR count). The van der Waals surface area contributed by atoms with Crippen molar-refractivity contribution in [1.82, 2.24) is 0 Å². The Morgan fingerprint density at radius 2 is 0.747 bits per heavy atom. The molecule has 412 valence electrons. The Morgan fingerprint density at radius 3 is 1.05 bits per heavy atom. The first-order valence-corrected chi connectivity index (χ1v) is 25.4. The van der Waals surface area contributed by atoms with E-state index in [9.17, 15) is 26.3 Å². The molecule has 2 atom stereocenters. The first kappa shape index (κ1) is 57.8. The molecule has 8 aromatic rings. The minimum absolute atomic E-state index is 0.235. The first-order valence-electron chi connectivity index (χ1n) is 25.4. The zero-order valence-corrected chi connectivity index (χ0v) is 43.3. The van der Waals surface area contributed by atoms with Crippen LogP contribution in [0.1, 0.15) is 80.6 Å². The van der Waals surface area contributed by atoms with Crippen LogP contribution in [0.15, 0.2) is 170 Å². The van der Waals surface area contributed by atoms with Crippen molar-refractivity contribution < 1.29 is 66.9 Å². The highest BCUT2D eigenvalue weighted by molar-refractivity contribution is 5.67. The number of hydrogen-bond acceptors (Lipinski definition) is 3. The number of benzene rings is 8. The summed E-state index contributed by atoms with van der Waals surface area (Å²) in [6, 6.07) is 38.2. The number of rotatable bonds is 20. The normalized spacial score (nSPS) is 13.1. The maximum Gasteiger partial charge on any atom is 0.414 e. The van der Waals surface area contributed by atoms with E-state index in [1.807, 2.05) is 13.8 Å². The maximum atomic E-state index is 17.9. The first-order chi connectivity index (χ1) is 37.6. The molecule has 0 saturated heterocycles. The van der Waals surface area contributed by atoms with Crippen molar-refractivity contribution in [2.24, 2.45) is 0 Å². The van der Waals surface area contributed by atoms with Gasteiger partial charge in [-0.25, -0.2) is 8.78 Å². The predicted molar refractivity (Wildman–Crippen MR) is 281 cm³/mol. The average Bonchev–Trinajstić information content (AvgIpc) is 3.60. The summed E-state index contributed by atoms with van der Waals surface area (Å²) >= 11 is 0. The summed E-state index contributed by atoms with van der Waals surface area (Å²) in [6.07, 6.45) is -16.8. The Morgan fingerprint density at radius 1 is 0.405 bits per heavy atom. The van der Waals surface area contributed by atoms with Crippen molar-refractivity contribution in [1.29, 1.82) is 0 Å². The standard InChI is InChI=1S/C64H54F12O3/c1-5-39-21-29-49(53(65)35-39)43-23-17-41(18-24-43)33-51-45(37-57(77-3)63(71,72)73)27-31-55(59(51)61(67,68)47-13-9-7-10-14-47)79-56-32-28-46(38-58(78-4)64(74,75)76)52(60(56)62(69,70)48-15-11-8-12-16-48)34-42-19-25-44(26-20-42)50-30-22-40(6-2)36-54(50)66/h7-32,35-36,57-58H,5-6,33-34,37-38H2,1-4H3. The fourth-order valence-electron chi connectivity index (χ4n) is 9.79.